The summed E-state index contributed by atoms with van der Waals surface area (Å²) in [6.07, 6.45) is 0.252. The van der Waals surface area contributed by atoms with Gasteiger partial charge >= 0.3 is 0 Å². The summed E-state index contributed by atoms with van der Waals surface area (Å²) < 4.78 is 24.3. The van der Waals surface area contributed by atoms with Crippen molar-refractivity contribution in [1.82, 2.24) is 0 Å². The van der Waals surface area contributed by atoms with Gasteiger partial charge in [0.05, 0.1) is 25.3 Å². The van der Waals surface area contributed by atoms with E-state index in [0.717, 1.165) is 11.3 Å². The maximum atomic E-state index is 13.5. The summed E-state index contributed by atoms with van der Waals surface area (Å²) in [5, 5.41) is 0. The highest BCUT2D eigenvalue weighted by molar-refractivity contribution is 5.96. The van der Waals surface area contributed by atoms with Crippen LogP contribution >= 0.6 is 0 Å². The van der Waals surface area contributed by atoms with Crippen molar-refractivity contribution in [3.05, 3.63) is 53.8 Å². The van der Waals surface area contributed by atoms with E-state index < -0.39 is 0 Å². The van der Waals surface area contributed by atoms with Crippen LogP contribution < -0.4 is 14.4 Å². The molecule has 3 rings (SSSR count). The topological polar surface area (TPSA) is 38.8 Å². The lowest BCUT2D eigenvalue weighted by Gasteiger charge is -2.29. The molecule has 1 heterocycles. The van der Waals surface area contributed by atoms with Gasteiger partial charge in [-0.15, -0.1) is 0 Å². The molecule has 0 bridgehead atoms. The van der Waals surface area contributed by atoms with E-state index in [4.69, 9.17) is 9.47 Å². The predicted octanol–water partition coefficient (Wildman–Crippen LogP) is 3.19. The number of hydrogen-bond donors (Lipinski definition) is 0. The first kappa shape index (κ1) is 15.3. The lowest BCUT2D eigenvalue weighted by atomic mass is 10.1. The van der Waals surface area contributed by atoms with Crippen LogP contribution in [-0.4, -0.2) is 25.7 Å². The van der Waals surface area contributed by atoms with Crippen molar-refractivity contribution in [3.8, 4) is 11.5 Å². The number of anilines is 1. The average Bonchev–Trinajstić information content (AvgIpc) is 2.56. The summed E-state index contributed by atoms with van der Waals surface area (Å²) in [5.41, 5.74) is 1.38. The molecule has 1 aliphatic heterocycles. The first-order chi connectivity index (χ1) is 11.2. The third-order valence-electron chi connectivity index (χ3n) is 3.67. The van der Waals surface area contributed by atoms with Gasteiger partial charge in [-0.2, -0.15) is 0 Å². The summed E-state index contributed by atoms with van der Waals surface area (Å²) in [6.45, 7) is 3.36. The SMILES string of the molecule is CCOc1ccc(CC(=O)N2CCOc3ccc(F)cc32)cc1. The van der Waals surface area contributed by atoms with Crippen molar-refractivity contribution in [3.63, 3.8) is 0 Å². The molecule has 0 N–H and O–H groups in total. The molecule has 0 aliphatic carbocycles. The van der Waals surface area contributed by atoms with E-state index in [0.29, 0.717) is 31.2 Å². The molecule has 1 aliphatic rings. The van der Waals surface area contributed by atoms with Crippen LogP contribution in [0.3, 0.4) is 0 Å². The van der Waals surface area contributed by atoms with Gasteiger partial charge in [0.15, 0.2) is 0 Å². The molecule has 0 atom stereocenters. The van der Waals surface area contributed by atoms with Gasteiger partial charge in [-0.1, -0.05) is 12.1 Å². The van der Waals surface area contributed by atoms with Crippen molar-refractivity contribution in [2.75, 3.05) is 24.7 Å². The van der Waals surface area contributed by atoms with Crippen LogP contribution in [0.15, 0.2) is 42.5 Å². The Morgan fingerprint density at radius 2 is 2.04 bits per heavy atom. The van der Waals surface area contributed by atoms with Crippen LogP contribution in [0.25, 0.3) is 0 Å². The third kappa shape index (κ3) is 3.44. The molecule has 0 saturated carbocycles. The van der Waals surface area contributed by atoms with E-state index >= 15 is 0 Å². The van der Waals surface area contributed by atoms with Gasteiger partial charge in [-0.25, -0.2) is 4.39 Å². The molecular formula is C18H18FNO3. The summed E-state index contributed by atoms with van der Waals surface area (Å²) in [6, 6.07) is 11.7. The number of nitrogens with zero attached hydrogens (tertiary/aromatic N) is 1. The number of benzene rings is 2. The third-order valence-corrected chi connectivity index (χ3v) is 3.67. The van der Waals surface area contributed by atoms with Gasteiger partial charge in [-0.3, -0.25) is 4.79 Å². The normalized spacial score (nSPS) is 13.2. The van der Waals surface area contributed by atoms with E-state index in [-0.39, 0.29) is 18.1 Å². The number of fused-ring (bicyclic) bond motifs is 1. The number of halogens is 1. The zero-order valence-electron chi connectivity index (χ0n) is 12.9. The summed E-state index contributed by atoms with van der Waals surface area (Å²) in [7, 11) is 0. The van der Waals surface area contributed by atoms with Gasteiger partial charge in [0, 0.05) is 6.07 Å². The van der Waals surface area contributed by atoms with Crippen LogP contribution in [0.2, 0.25) is 0 Å². The van der Waals surface area contributed by atoms with Gasteiger partial charge < -0.3 is 14.4 Å². The number of ether oxygens (including phenoxy) is 2. The second kappa shape index (κ2) is 6.69. The molecule has 4 nitrogen and oxygen atoms in total. The van der Waals surface area contributed by atoms with Gasteiger partial charge in [-0.05, 0) is 36.8 Å². The lowest BCUT2D eigenvalue weighted by Crippen LogP contribution is -2.38. The minimum atomic E-state index is -0.381. The van der Waals surface area contributed by atoms with E-state index in [1.807, 2.05) is 31.2 Å². The van der Waals surface area contributed by atoms with E-state index in [9.17, 15) is 9.18 Å². The standard InChI is InChI=1S/C18H18FNO3/c1-2-22-15-6-3-13(4-7-15)11-18(21)20-9-10-23-17-8-5-14(19)12-16(17)20/h3-8,12H,2,9-11H2,1H3. The predicted molar refractivity (Wildman–Crippen MR) is 85.6 cm³/mol. The van der Waals surface area contributed by atoms with Crippen LogP contribution in [0.5, 0.6) is 11.5 Å². The largest absolute Gasteiger partial charge is 0.494 e. The summed E-state index contributed by atoms with van der Waals surface area (Å²) in [4.78, 5) is 14.2. The minimum absolute atomic E-state index is 0.0793. The Bertz CT molecular complexity index is 700. The number of hydrogen-bond acceptors (Lipinski definition) is 3. The minimum Gasteiger partial charge on any atom is -0.494 e. The molecule has 0 saturated heterocycles. The average molecular weight is 315 g/mol. The molecule has 23 heavy (non-hydrogen) atoms. The number of amides is 1. The summed E-state index contributed by atoms with van der Waals surface area (Å²) >= 11 is 0. The first-order valence-electron chi connectivity index (χ1n) is 7.62. The van der Waals surface area contributed by atoms with Crippen molar-refractivity contribution < 1.29 is 18.7 Å². The molecule has 0 unspecified atom stereocenters. The maximum absolute atomic E-state index is 13.5. The Balaban J connectivity index is 1.75. The Labute approximate surface area is 134 Å². The molecule has 1 amide bonds. The fraction of sp³-hybridized carbons (Fsp3) is 0.278. The lowest BCUT2D eigenvalue weighted by molar-refractivity contribution is -0.118. The van der Waals surface area contributed by atoms with Crippen LogP contribution in [0.1, 0.15) is 12.5 Å². The zero-order valence-corrected chi connectivity index (χ0v) is 12.9. The second-order valence-electron chi connectivity index (χ2n) is 5.26. The quantitative estimate of drug-likeness (QED) is 0.870. The molecule has 0 fully saturated rings. The Morgan fingerprint density at radius 3 is 2.78 bits per heavy atom. The number of rotatable bonds is 4. The highest BCUT2D eigenvalue weighted by Crippen LogP contribution is 2.32. The Kier molecular flexibility index (Phi) is 4.46. The molecule has 0 spiro atoms. The molecular weight excluding hydrogens is 297 g/mol. The highest BCUT2D eigenvalue weighted by Gasteiger charge is 2.24. The first-order valence-corrected chi connectivity index (χ1v) is 7.62. The van der Waals surface area contributed by atoms with Gasteiger partial charge in [0.1, 0.15) is 23.9 Å². The number of carbonyl (C=O) groups is 1. The van der Waals surface area contributed by atoms with Crippen molar-refractivity contribution in [2.24, 2.45) is 0 Å². The van der Waals surface area contributed by atoms with E-state index in [1.54, 1.807) is 11.0 Å². The molecule has 120 valence electrons. The second-order valence-corrected chi connectivity index (χ2v) is 5.26. The van der Waals surface area contributed by atoms with E-state index in [2.05, 4.69) is 0 Å². The van der Waals surface area contributed by atoms with Crippen molar-refractivity contribution in [1.29, 1.82) is 0 Å². The molecule has 5 heteroatoms. The fourth-order valence-corrected chi connectivity index (χ4v) is 2.59. The van der Waals surface area contributed by atoms with Crippen LogP contribution in [0.4, 0.5) is 10.1 Å². The number of carbonyl (C=O) groups excluding carboxylic acids is 1. The molecule has 2 aromatic carbocycles. The van der Waals surface area contributed by atoms with Crippen molar-refractivity contribution >= 4 is 11.6 Å². The van der Waals surface area contributed by atoms with E-state index in [1.165, 1.54) is 12.1 Å². The molecule has 2 aromatic rings. The maximum Gasteiger partial charge on any atom is 0.231 e. The highest BCUT2D eigenvalue weighted by atomic mass is 19.1. The van der Waals surface area contributed by atoms with Gasteiger partial charge in [0.25, 0.3) is 0 Å². The zero-order chi connectivity index (χ0) is 16.2. The monoisotopic (exact) mass is 315 g/mol. The smallest absolute Gasteiger partial charge is 0.231 e. The van der Waals surface area contributed by atoms with Crippen molar-refractivity contribution in [2.45, 2.75) is 13.3 Å². The Hall–Kier alpha value is -2.56. The van der Waals surface area contributed by atoms with Gasteiger partial charge in [0.2, 0.25) is 5.91 Å². The van der Waals surface area contributed by atoms with Crippen LogP contribution in [0, 0.1) is 5.82 Å². The fourth-order valence-electron chi connectivity index (χ4n) is 2.59. The summed E-state index contributed by atoms with van der Waals surface area (Å²) in [5.74, 6) is 0.859. The molecule has 0 radical (unpaired) electrons. The molecule has 0 aromatic heterocycles. The Morgan fingerprint density at radius 1 is 1.26 bits per heavy atom. The van der Waals surface area contributed by atoms with Crippen LogP contribution in [-0.2, 0) is 11.2 Å².